The average molecular weight is 411 g/mol. The molecule has 4 rings (SSSR count). The first-order chi connectivity index (χ1) is 14.4. The Morgan fingerprint density at radius 3 is 2.40 bits per heavy atom. The molecule has 156 valence electrons. The van der Waals surface area contributed by atoms with Gasteiger partial charge in [-0.3, -0.25) is 18.7 Å². The van der Waals surface area contributed by atoms with Crippen LogP contribution in [0.25, 0.3) is 11.0 Å². The highest BCUT2D eigenvalue weighted by atomic mass is 19.1. The van der Waals surface area contributed by atoms with Crippen molar-refractivity contribution in [1.29, 1.82) is 0 Å². The summed E-state index contributed by atoms with van der Waals surface area (Å²) in [4.78, 5) is 45.7. The third kappa shape index (κ3) is 3.47. The lowest BCUT2D eigenvalue weighted by atomic mass is 10.2. The monoisotopic (exact) mass is 411 g/mol. The maximum atomic E-state index is 13.2. The number of aryl methyl sites for hydroxylation is 1. The number of hydrogen-bond donors (Lipinski definition) is 0. The quantitative estimate of drug-likeness (QED) is 0.632. The third-order valence-electron chi connectivity index (χ3n) is 5.50. The summed E-state index contributed by atoms with van der Waals surface area (Å²) in [5, 5.41) is 0.287. The second-order valence-electron chi connectivity index (χ2n) is 7.38. The van der Waals surface area contributed by atoms with Gasteiger partial charge in [-0.25, -0.2) is 14.2 Å². The van der Waals surface area contributed by atoms with E-state index in [4.69, 9.17) is 0 Å². The van der Waals surface area contributed by atoms with Gasteiger partial charge in [-0.15, -0.1) is 0 Å². The van der Waals surface area contributed by atoms with Crippen molar-refractivity contribution in [2.75, 3.05) is 31.1 Å². The number of aromatic nitrogens is 3. The highest BCUT2D eigenvalue weighted by molar-refractivity contribution is 5.94. The summed E-state index contributed by atoms with van der Waals surface area (Å²) in [7, 11) is 2.94. The number of hydrogen-bond acceptors (Lipinski definition) is 5. The summed E-state index contributed by atoms with van der Waals surface area (Å²) in [6, 6.07) is 9.39. The van der Waals surface area contributed by atoms with Crippen LogP contribution >= 0.6 is 0 Å². The Morgan fingerprint density at radius 1 is 0.933 bits per heavy atom. The molecule has 9 heteroatoms. The lowest BCUT2D eigenvalue weighted by molar-refractivity contribution is 0.0761. The molecule has 1 amide bonds. The van der Waals surface area contributed by atoms with Gasteiger partial charge in [0.1, 0.15) is 17.2 Å². The molecule has 1 fully saturated rings. The molecule has 2 aromatic heterocycles. The fourth-order valence-corrected chi connectivity index (χ4v) is 3.77. The molecular formula is C21H22FN5O3. The van der Waals surface area contributed by atoms with Crippen molar-refractivity contribution in [3.8, 4) is 0 Å². The summed E-state index contributed by atoms with van der Waals surface area (Å²) in [5.41, 5.74) is 0.372. The number of nitrogens with zero attached hydrogens (tertiary/aromatic N) is 5. The Morgan fingerprint density at radius 2 is 1.67 bits per heavy atom. The number of rotatable bonds is 2. The number of benzene rings is 1. The van der Waals surface area contributed by atoms with Crippen molar-refractivity contribution in [2.45, 2.75) is 6.42 Å². The molecule has 0 atom stereocenters. The van der Waals surface area contributed by atoms with Gasteiger partial charge in [0.05, 0.1) is 5.39 Å². The van der Waals surface area contributed by atoms with Crippen molar-refractivity contribution in [3.63, 3.8) is 0 Å². The van der Waals surface area contributed by atoms with Crippen LogP contribution in [0.3, 0.4) is 0 Å². The van der Waals surface area contributed by atoms with E-state index >= 15 is 0 Å². The van der Waals surface area contributed by atoms with E-state index in [1.54, 1.807) is 23.1 Å². The Balaban J connectivity index is 1.58. The number of carbonyl (C=O) groups excluding carboxylic acids is 1. The van der Waals surface area contributed by atoms with Gasteiger partial charge in [0.15, 0.2) is 0 Å². The van der Waals surface area contributed by atoms with Gasteiger partial charge >= 0.3 is 5.69 Å². The van der Waals surface area contributed by atoms with E-state index in [1.807, 2.05) is 0 Å². The summed E-state index contributed by atoms with van der Waals surface area (Å²) in [5.74, 6) is -0.525. The van der Waals surface area contributed by atoms with Crippen molar-refractivity contribution in [3.05, 3.63) is 68.7 Å². The van der Waals surface area contributed by atoms with Crippen LogP contribution < -0.4 is 16.1 Å². The van der Waals surface area contributed by atoms with E-state index < -0.39 is 11.2 Å². The molecule has 1 aromatic carbocycles. The normalized spacial score (nSPS) is 14.8. The molecule has 0 radical (unpaired) electrons. The Bertz CT molecular complexity index is 1230. The highest BCUT2D eigenvalue weighted by Crippen LogP contribution is 2.18. The van der Waals surface area contributed by atoms with Gasteiger partial charge in [-0.2, -0.15) is 0 Å². The van der Waals surface area contributed by atoms with Gasteiger partial charge in [0, 0.05) is 46.0 Å². The Kier molecular flexibility index (Phi) is 5.11. The highest BCUT2D eigenvalue weighted by Gasteiger charge is 2.22. The number of pyridine rings is 1. The van der Waals surface area contributed by atoms with E-state index in [0.717, 1.165) is 23.2 Å². The lowest BCUT2D eigenvalue weighted by Crippen LogP contribution is -2.38. The molecule has 8 nitrogen and oxygen atoms in total. The molecule has 3 aromatic rings. The predicted octanol–water partition coefficient (Wildman–Crippen LogP) is 1.12. The minimum Gasteiger partial charge on any atom is -0.370 e. The maximum Gasteiger partial charge on any atom is 0.332 e. The second-order valence-corrected chi connectivity index (χ2v) is 7.38. The minimum atomic E-state index is -0.491. The van der Waals surface area contributed by atoms with Gasteiger partial charge in [-0.1, -0.05) is 0 Å². The van der Waals surface area contributed by atoms with Gasteiger partial charge in [0.25, 0.3) is 11.5 Å². The van der Waals surface area contributed by atoms with Crippen LogP contribution in [0.4, 0.5) is 10.1 Å². The molecule has 3 heterocycles. The van der Waals surface area contributed by atoms with Crippen molar-refractivity contribution >= 4 is 22.6 Å². The molecule has 0 saturated carbocycles. The van der Waals surface area contributed by atoms with Gasteiger partial charge in [0.2, 0.25) is 0 Å². The first kappa shape index (κ1) is 19.8. The zero-order chi connectivity index (χ0) is 21.4. The van der Waals surface area contributed by atoms with Crippen LogP contribution in [-0.2, 0) is 14.1 Å². The fourth-order valence-electron chi connectivity index (χ4n) is 3.77. The lowest BCUT2D eigenvalue weighted by Gasteiger charge is -2.23. The topological polar surface area (TPSA) is 80.4 Å². The molecule has 30 heavy (non-hydrogen) atoms. The number of halogens is 1. The molecule has 0 spiro atoms. The summed E-state index contributed by atoms with van der Waals surface area (Å²) in [6.07, 6.45) is 0.760. The van der Waals surface area contributed by atoms with E-state index in [9.17, 15) is 18.8 Å². The van der Waals surface area contributed by atoms with Crippen molar-refractivity contribution < 1.29 is 9.18 Å². The average Bonchev–Trinajstić information content (AvgIpc) is 3.02. The Hall–Kier alpha value is -3.49. The number of anilines is 1. The molecule has 0 bridgehead atoms. The van der Waals surface area contributed by atoms with Crippen LogP contribution in [0, 0.1) is 5.82 Å². The van der Waals surface area contributed by atoms with Crippen LogP contribution in [-0.4, -0.2) is 51.1 Å². The molecular weight excluding hydrogens is 389 g/mol. The van der Waals surface area contributed by atoms with Crippen LogP contribution in [0.15, 0.2) is 46.0 Å². The number of carbonyl (C=O) groups is 1. The second kappa shape index (κ2) is 7.74. The van der Waals surface area contributed by atoms with Crippen molar-refractivity contribution in [1.82, 2.24) is 19.0 Å². The first-order valence-electron chi connectivity index (χ1n) is 9.73. The zero-order valence-electron chi connectivity index (χ0n) is 16.8. The molecule has 1 saturated heterocycles. The SMILES string of the molecule is Cn1c(=O)c2ccc(C(=O)N3CCCN(c4ccc(F)cc4)CC3)nc2n(C)c1=O. The standard InChI is InChI=1S/C21H22FN5O3/c1-24-18-16(19(28)25(2)21(24)30)8-9-17(23-18)20(29)27-11-3-10-26(12-13-27)15-6-4-14(22)5-7-15/h4-9H,3,10-13H2,1-2H3. The summed E-state index contributed by atoms with van der Waals surface area (Å²) < 4.78 is 15.5. The Labute approximate surface area is 171 Å². The largest absolute Gasteiger partial charge is 0.370 e. The molecule has 0 unspecified atom stereocenters. The predicted molar refractivity (Wildman–Crippen MR) is 111 cm³/mol. The molecule has 1 aliphatic rings. The van der Waals surface area contributed by atoms with Crippen LogP contribution in [0.1, 0.15) is 16.9 Å². The maximum absolute atomic E-state index is 13.2. The fraction of sp³-hybridized carbons (Fsp3) is 0.333. The van der Waals surface area contributed by atoms with E-state index in [2.05, 4.69) is 9.88 Å². The smallest absolute Gasteiger partial charge is 0.332 e. The van der Waals surface area contributed by atoms with Crippen LogP contribution in [0.2, 0.25) is 0 Å². The molecule has 0 aliphatic carbocycles. The van der Waals surface area contributed by atoms with Gasteiger partial charge in [-0.05, 0) is 42.8 Å². The van der Waals surface area contributed by atoms with E-state index in [0.29, 0.717) is 19.6 Å². The minimum absolute atomic E-state index is 0.191. The third-order valence-corrected chi connectivity index (χ3v) is 5.50. The zero-order valence-corrected chi connectivity index (χ0v) is 16.8. The first-order valence-corrected chi connectivity index (χ1v) is 9.73. The summed E-state index contributed by atoms with van der Waals surface area (Å²) in [6.45, 7) is 2.42. The van der Waals surface area contributed by atoms with Crippen LogP contribution in [0.5, 0.6) is 0 Å². The number of fused-ring (bicyclic) bond motifs is 1. The van der Waals surface area contributed by atoms with Crippen molar-refractivity contribution in [2.24, 2.45) is 14.1 Å². The molecule has 1 aliphatic heterocycles. The number of amides is 1. The van der Waals surface area contributed by atoms with Gasteiger partial charge < -0.3 is 9.80 Å². The van der Waals surface area contributed by atoms with E-state index in [-0.39, 0.29) is 28.5 Å². The summed E-state index contributed by atoms with van der Waals surface area (Å²) >= 11 is 0. The van der Waals surface area contributed by atoms with E-state index in [1.165, 1.54) is 36.9 Å². The molecule has 0 N–H and O–H groups in total.